The molecule has 0 N–H and O–H groups in total. The molecule has 0 fully saturated rings. The number of hydrogen-bond acceptors (Lipinski definition) is 2. The predicted molar refractivity (Wildman–Crippen MR) is 37.0 cm³/mol. The zero-order chi connectivity index (χ0) is 6.27. The summed E-state index contributed by atoms with van der Waals surface area (Å²) in [6, 6.07) is 0. The molecule has 0 aliphatic heterocycles. The first-order valence-corrected chi connectivity index (χ1v) is 3.90. The van der Waals surface area contributed by atoms with Gasteiger partial charge in [0.1, 0.15) is 0 Å². The van der Waals surface area contributed by atoms with Crippen molar-refractivity contribution in [2.45, 2.75) is 12.8 Å². The second-order valence-electron chi connectivity index (χ2n) is 2.23. The van der Waals surface area contributed by atoms with Crippen molar-refractivity contribution in [1.29, 1.82) is 0 Å². The summed E-state index contributed by atoms with van der Waals surface area (Å²) in [5.74, 6) is 0.325. The second kappa shape index (κ2) is 1.67. The molecule has 1 heterocycles. The minimum absolute atomic E-state index is 0.325. The number of rotatable bonds is 0. The monoisotopic (exact) mass is 138 g/mol. The van der Waals surface area contributed by atoms with Crippen LogP contribution in [0.25, 0.3) is 0 Å². The fraction of sp³-hybridized carbons (Fsp3) is 0.286. The lowest BCUT2D eigenvalue weighted by Crippen LogP contribution is -1.86. The van der Waals surface area contributed by atoms with E-state index in [1.165, 1.54) is 5.56 Å². The summed E-state index contributed by atoms with van der Waals surface area (Å²) in [6.07, 6.45) is 1.70. The van der Waals surface area contributed by atoms with Crippen LogP contribution in [0, 0.1) is 0 Å². The summed E-state index contributed by atoms with van der Waals surface area (Å²) in [4.78, 5) is 10.9. The predicted octanol–water partition coefficient (Wildman–Crippen LogP) is 1.88. The lowest BCUT2D eigenvalue weighted by atomic mass is 10.2. The molecule has 46 valence electrons. The summed E-state index contributed by atoms with van der Waals surface area (Å²) < 4.78 is 0. The highest BCUT2D eigenvalue weighted by Crippen LogP contribution is 2.24. The van der Waals surface area contributed by atoms with Gasteiger partial charge in [-0.15, -0.1) is 0 Å². The Morgan fingerprint density at radius 2 is 2.22 bits per heavy atom. The Morgan fingerprint density at radius 3 is 3.00 bits per heavy atom. The molecule has 0 unspecified atom stereocenters. The summed E-state index contributed by atoms with van der Waals surface area (Å²) in [5, 5.41) is 4.02. The zero-order valence-electron chi connectivity index (χ0n) is 4.89. The number of hydrogen-bond donors (Lipinski definition) is 0. The number of carbonyl (C=O) groups is 1. The average molecular weight is 138 g/mol. The Hall–Kier alpha value is -0.630. The Kier molecular flexibility index (Phi) is 0.963. The molecule has 9 heavy (non-hydrogen) atoms. The normalized spacial score (nSPS) is 16.2. The Bertz CT molecular complexity index is 249. The van der Waals surface area contributed by atoms with E-state index >= 15 is 0 Å². The van der Waals surface area contributed by atoms with E-state index in [-0.39, 0.29) is 0 Å². The number of ketones is 1. The third kappa shape index (κ3) is 0.630. The molecule has 1 nitrogen and oxygen atoms in total. The zero-order valence-corrected chi connectivity index (χ0v) is 5.70. The Balaban J connectivity index is 2.61. The van der Waals surface area contributed by atoms with Crippen molar-refractivity contribution in [2.75, 3.05) is 0 Å². The van der Waals surface area contributed by atoms with Gasteiger partial charge in [-0.25, -0.2) is 0 Å². The van der Waals surface area contributed by atoms with Crippen molar-refractivity contribution in [3.63, 3.8) is 0 Å². The van der Waals surface area contributed by atoms with Crippen LogP contribution in [0.2, 0.25) is 0 Å². The van der Waals surface area contributed by atoms with Crippen molar-refractivity contribution in [2.24, 2.45) is 0 Å². The molecular formula is C7H6OS. The Labute approximate surface area is 57.3 Å². The highest BCUT2D eigenvalue weighted by molar-refractivity contribution is 7.08. The molecule has 2 rings (SSSR count). The molecule has 1 aliphatic carbocycles. The van der Waals surface area contributed by atoms with Crippen molar-refractivity contribution >= 4 is 17.1 Å². The van der Waals surface area contributed by atoms with E-state index in [1.807, 2.05) is 5.38 Å². The molecule has 1 aromatic rings. The van der Waals surface area contributed by atoms with E-state index in [0.29, 0.717) is 5.78 Å². The standard InChI is InChI=1S/C7H6OS/c8-7-2-1-5-3-9-4-6(5)7/h3-4H,1-2H2. The first-order valence-electron chi connectivity index (χ1n) is 2.96. The summed E-state index contributed by atoms with van der Waals surface area (Å²) in [6.45, 7) is 0. The van der Waals surface area contributed by atoms with Gasteiger partial charge in [0.2, 0.25) is 0 Å². The van der Waals surface area contributed by atoms with Gasteiger partial charge in [-0.1, -0.05) is 0 Å². The lowest BCUT2D eigenvalue weighted by Gasteiger charge is -1.79. The van der Waals surface area contributed by atoms with E-state index < -0.39 is 0 Å². The quantitative estimate of drug-likeness (QED) is 0.535. The molecule has 0 radical (unpaired) electrons. The smallest absolute Gasteiger partial charge is 0.164 e. The van der Waals surface area contributed by atoms with Crippen LogP contribution < -0.4 is 0 Å². The first kappa shape index (κ1) is 5.18. The molecule has 0 saturated heterocycles. The van der Waals surface area contributed by atoms with Crippen LogP contribution in [0.4, 0.5) is 0 Å². The first-order chi connectivity index (χ1) is 4.38. The summed E-state index contributed by atoms with van der Waals surface area (Å²) in [5.41, 5.74) is 2.23. The highest BCUT2D eigenvalue weighted by atomic mass is 32.1. The Morgan fingerprint density at radius 1 is 1.33 bits per heavy atom. The van der Waals surface area contributed by atoms with Crippen LogP contribution in [-0.2, 0) is 6.42 Å². The van der Waals surface area contributed by atoms with Gasteiger partial charge in [0, 0.05) is 17.4 Å². The van der Waals surface area contributed by atoms with Gasteiger partial charge in [-0.3, -0.25) is 4.79 Å². The molecule has 0 atom stereocenters. The van der Waals surface area contributed by atoms with E-state index in [9.17, 15) is 4.79 Å². The van der Waals surface area contributed by atoms with Crippen molar-refractivity contribution < 1.29 is 4.79 Å². The number of fused-ring (bicyclic) bond motifs is 1. The molecule has 1 aliphatic rings. The molecule has 2 heteroatoms. The fourth-order valence-electron chi connectivity index (χ4n) is 1.14. The molecule has 0 bridgehead atoms. The molecule has 0 spiro atoms. The highest BCUT2D eigenvalue weighted by Gasteiger charge is 2.18. The van der Waals surface area contributed by atoms with E-state index in [2.05, 4.69) is 5.38 Å². The molecule has 0 saturated carbocycles. The van der Waals surface area contributed by atoms with Crippen LogP contribution in [0.3, 0.4) is 0 Å². The van der Waals surface area contributed by atoms with Gasteiger partial charge in [-0.05, 0) is 17.4 Å². The van der Waals surface area contributed by atoms with Gasteiger partial charge in [0.25, 0.3) is 0 Å². The third-order valence-electron chi connectivity index (χ3n) is 1.66. The van der Waals surface area contributed by atoms with Crippen molar-refractivity contribution in [3.8, 4) is 0 Å². The van der Waals surface area contributed by atoms with Crippen LogP contribution in [0.1, 0.15) is 22.3 Å². The van der Waals surface area contributed by atoms with Crippen LogP contribution in [-0.4, -0.2) is 5.78 Å². The third-order valence-corrected chi connectivity index (χ3v) is 2.46. The molecule has 0 amide bonds. The maximum absolute atomic E-state index is 10.9. The minimum atomic E-state index is 0.325. The van der Waals surface area contributed by atoms with Gasteiger partial charge < -0.3 is 0 Å². The number of aryl methyl sites for hydroxylation is 1. The second-order valence-corrected chi connectivity index (χ2v) is 2.98. The van der Waals surface area contributed by atoms with Crippen LogP contribution in [0.15, 0.2) is 10.8 Å². The van der Waals surface area contributed by atoms with Gasteiger partial charge in [0.05, 0.1) is 0 Å². The van der Waals surface area contributed by atoms with Gasteiger partial charge in [-0.2, -0.15) is 11.3 Å². The van der Waals surface area contributed by atoms with Crippen LogP contribution in [0.5, 0.6) is 0 Å². The van der Waals surface area contributed by atoms with Crippen molar-refractivity contribution in [3.05, 3.63) is 21.9 Å². The largest absolute Gasteiger partial charge is 0.294 e. The minimum Gasteiger partial charge on any atom is -0.294 e. The fourth-order valence-corrected chi connectivity index (χ4v) is 2.04. The number of Topliss-reactive ketones (excluding diaryl/α,β-unsaturated/α-hetero) is 1. The van der Waals surface area contributed by atoms with Crippen LogP contribution >= 0.6 is 11.3 Å². The lowest BCUT2D eigenvalue weighted by molar-refractivity contribution is 0.0995. The summed E-state index contributed by atoms with van der Waals surface area (Å²) >= 11 is 1.62. The molecular weight excluding hydrogens is 132 g/mol. The molecule has 1 aromatic heterocycles. The van der Waals surface area contributed by atoms with E-state index in [0.717, 1.165) is 18.4 Å². The average Bonchev–Trinajstić information content (AvgIpc) is 2.35. The number of carbonyl (C=O) groups excluding carboxylic acids is 1. The van der Waals surface area contributed by atoms with Gasteiger partial charge in [0.15, 0.2) is 5.78 Å². The van der Waals surface area contributed by atoms with Gasteiger partial charge >= 0.3 is 0 Å². The maximum atomic E-state index is 10.9. The maximum Gasteiger partial charge on any atom is 0.164 e. The SMILES string of the molecule is O=C1CCc2cscc21. The topological polar surface area (TPSA) is 17.1 Å². The van der Waals surface area contributed by atoms with Crippen molar-refractivity contribution in [1.82, 2.24) is 0 Å². The van der Waals surface area contributed by atoms with E-state index in [4.69, 9.17) is 0 Å². The molecule has 0 aromatic carbocycles. The van der Waals surface area contributed by atoms with E-state index in [1.54, 1.807) is 11.3 Å². The number of thiophene rings is 1. The summed E-state index contributed by atoms with van der Waals surface area (Å²) in [7, 11) is 0.